The second-order valence-electron chi connectivity index (χ2n) is 5.40. The van der Waals surface area contributed by atoms with Crippen LogP contribution in [0.3, 0.4) is 0 Å². The normalized spacial score (nSPS) is 16.1. The molecule has 0 bridgehead atoms. The zero-order chi connectivity index (χ0) is 14.9. The van der Waals surface area contributed by atoms with Crippen LogP contribution in [-0.2, 0) is 0 Å². The van der Waals surface area contributed by atoms with Crippen molar-refractivity contribution in [1.29, 1.82) is 0 Å². The van der Waals surface area contributed by atoms with Crippen molar-refractivity contribution in [2.75, 3.05) is 7.11 Å². The van der Waals surface area contributed by atoms with Crippen LogP contribution in [0.5, 0.6) is 11.5 Å². The van der Waals surface area contributed by atoms with Crippen molar-refractivity contribution in [3.05, 3.63) is 84.1 Å². The quantitative estimate of drug-likeness (QED) is 0.668. The maximum absolute atomic E-state index is 5.74. The van der Waals surface area contributed by atoms with Gasteiger partial charge >= 0.3 is 0 Å². The van der Waals surface area contributed by atoms with Gasteiger partial charge in [-0.3, -0.25) is 0 Å². The first-order valence-corrected chi connectivity index (χ1v) is 7.36. The van der Waals surface area contributed by atoms with Gasteiger partial charge in [0.25, 0.3) is 0 Å². The highest BCUT2D eigenvalue weighted by Crippen LogP contribution is 2.41. The third-order valence-electron chi connectivity index (χ3n) is 4.17. The molecule has 3 aromatic carbocycles. The minimum atomic E-state index is 0.195. The Morgan fingerprint density at radius 3 is 2.59 bits per heavy atom. The summed E-state index contributed by atoms with van der Waals surface area (Å²) >= 11 is 0. The Hall–Kier alpha value is -2.74. The van der Waals surface area contributed by atoms with E-state index in [0.29, 0.717) is 0 Å². The van der Waals surface area contributed by atoms with E-state index in [1.165, 1.54) is 21.9 Å². The van der Waals surface area contributed by atoms with Gasteiger partial charge in [0, 0.05) is 11.5 Å². The van der Waals surface area contributed by atoms with Crippen LogP contribution in [0.4, 0.5) is 0 Å². The molecule has 0 fully saturated rings. The molecule has 1 unspecified atom stereocenters. The fourth-order valence-corrected chi connectivity index (χ4v) is 3.08. The highest BCUT2D eigenvalue weighted by Gasteiger charge is 2.22. The molecule has 22 heavy (non-hydrogen) atoms. The number of methoxy groups -OCH3 is 1. The number of fused-ring (bicyclic) bond motifs is 3. The molecule has 1 heterocycles. The zero-order valence-electron chi connectivity index (χ0n) is 12.3. The summed E-state index contributed by atoms with van der Waals surface area (Å²) in [5.74, 6) is 1.97. The van der Waals surface area contributed by atoms with Gasteiger partial charge in [0.2, 0.25) is 0 Å². The Labute approximate surface area is 129 Å². The molecule has 0 radical (unpaired) electrons. The number of rotatable bonds is 2. The Kier molecular flexibility index (Phi) is 3.08. The van der Waals surface area contributed by atoms with Crippen LogP contribution in [0.1, 0.15) is 17.0 Å². The van der Waals surface area contributed by atoms with Crippen molar-refractivity contribution in [1.82, 2.24) is 0 Å². The van der Waals surface area contributed by atoms with E-state index in [1.54, 1.807) is 13.4 Å². The predicted octanol–water partition coefficient (Wildman–Crippen LogP) is 4.89. The molecule has 0 aromatic heterocycles. The van der Waals surface area contributed by atoms with E-state index in [0.717, 1.165) is 11.5 Å². The van der Waals surface area contributed by atoms with Crippen molar-refractivity contribution in [2.24, 2.45) is 0 Å². The second kappa shape index (κ2) is 5.23. The predicted molar refractivity (Wildman–Crippen MR) is 88.6 cm³/mol. The maximum Gasteiger partial charge on any atom is 0.131 e. The summed E-state index contributed by atoms with van der Waals surface area (Å²) in [7, 11) is 1.70. The van der Waals surface area contributed by atoms with Crippen molar-refractivity contribution in [3.63, 3.8) is 0 Å². The molecular weight excluding hydrogens is 272 g/mol. The van der Waals surface area contributed by atoms with E-state index in [1.807, 2.05) is 18.2 Å². The maximum atomic E-state index is 5.74. The lowest BCUT2D eigenvalue weighted by Crippen LogP contribution is -2.06. The monoisotopic (exact) mass is 288 g/mol. The number of benzene rings is 3. The lowest BCUT2D eigenvalue weighted by molar-refractivity contribution is 0.415. The standard InChI is InChI=1S/C20H16O2/c1-21-16-9-7-15-8-10-19-20(18(15)13-16)17(11-12-22-19)14-5-3-2-4-6-14/h2-13,17H,1H3. The molecule has 108 valence electrons. The third kappa shape index (κ3) is 2.04. The molecule has 0 aliphatic carbocycles. The Morgan fingerprint density at radius 1 is 0.955 bits per heavy atom. The molecule has 1 aliphatic rings. The summed E-state index contributed by atoms with van der Waals surface area (Å²) in [4.78, 5) is 0. The molecule has 0 saturated heterocycles. The van der Waals surface area contributed by atoms with Gasteiger partial charge in [0.05, 0.1) is 13.4 Å². The first kappa shape index (κ1) is 13.0. The van der Waals surface area contributed by atoms with Gasteiger partial charge in [-0.15, -0.1) is 0 Å². The summed E-state index contributed by atoms with van der Waals surface area (Å²) in [5, 5.41) is 2.37. The van der Waals surface area contributed by atoms with E-state index in [-0.39, 0.29) is 5.92 Å². The number of ether oxygens (including phenoxy) is 2. The fourth-order valence-electron chi connectivity index (χ4n) is 3.08. The molecular formula is C20H16O2. The van der Waals surface area contributed by atoms with Gasteiger partial charge < -0.3 is 9.47 Å². The lowest BCUT2D eigenvalue weighted by atomic mass is 9.86. The summed E-state index contributed by atoms with van der Waals surface area (Å²) in [5.41, 5.74) is 2.46. The molecule has 0 amide bonds. The van der Waals surface area contributed by atoms with Crippen molar-refractivity contribution in [2.45, 2.75) is 5.92 Å². The molecule has 0 spiro atoms. The first-order chi connectivity index (χ1) is 10.9. The smallest absolute Gasteiger partial charge is 0.131 e. The van der Waals surface area contributed by atoms with E-state index in [4.69, 9.17) is 9.47 Å². The molecule has 1 aliphatic heterocycles. The van der Waals surface area contributed by atoms with Crippen molar-refractivity contribution < 1.29 is 9.47 Å². The molecule has 2 heteroatoms. The highest BCUT2D eigenvalue weighted by molar-refractivity contribution is 5.90. The summed E-state index contributed by atoms with van der Waals surface area (Å²) < 4.78 is 11.1. The van der Waals surface area contributed by atoms with Crippen molar-refractivity contribution in [3.8, 4) is 11.5 Å². The minimum absolute atomic E-state index is 0.195. The highest BCUT2D eigenvalue weighted by atomic mass is 16.5. The Bertz CT molecular complexity index is 850. The Balaban J connectivity index is 1.98. The van der Waals surface area contributed by atoms with Gasteiger partial charge in [-0.1, -0.05) is 42.5 Å². The minimum Gasteiger partial charge on any atom is -0.497 e. The largest absolute Gasteiger partial charge is 0.497 e. The van der Waals surface area contributed by atoms with E-state index < -0.39 is 0 Å². The van der Waals surface area contributed by atoms with E-state index >= 15 is 0 Å². The van der Waals surface area contributed by atoms with E-state index in [9.17, 15) is 0 Å². The first-order valence-electron chi connectivity index (χ1n) is 7.36. The van der Waals surface area contributed by atoms with Crippen LogP contribution in [0.2, 0.25) is 0 Å². The average Bonchev–Trinajstić information content (AvgIpc) is 2.61. The van der Waals surface area contributed by atoms with E-state index in [2.05, 4.69) is 48.5 Å². The molecule has 0 N–H and O–H groups in total. The third-order valence-corrected chi connectivity index (χ3v) is 4.17. The molecule has 3 aromatic rings. The topological polar surface area (TPSA) is 18.5 Å². The van der Waals surface area contributed by atoms with Crippen LogP contribution in [0.15, 0.2) is 73.0 Å². The van der Waals surface area contributed by atoms with Crippen LogP contribution in [-0.4, -0.2) is 7.11 Å². The molecule has 4 rings (SSSR count). The number of allylic oxidation sites excluding steroid dienone is 1. The molecule has 2 nitrogen and oxygen atoms in total. The fraction of sp³-hybridized carbons (Fsp3) is 0.100. The Morgan fingerprint density at radius 2 is 1.77 bits per heavy atom. The van der Waals surface area contributed by atoms with Crippen LogP contribution >= 0.6 is 0 Å². The van der Waals surface area contributed by atoms with Gasteiger partial charge in [-0.25, -0.2) is 0 Å². The lowest BCUT2D eigenvalue weighted by Gasteiger charge is -2.23. The van der Waals surface area contributed by atoms with Gasteiger partial charge in [0.15, 0.2) is 0 Å². The van der Waals surface area contributed by atoms with Crippen LogP contribution in [0.25, 0.3) is 10.8 Å². The van der Waals surface area contributed by atoms with Gasteiger partial charge in [-0.2, -0.15) is 0 Å². The zero-order valence-corrected chi connectivity index (χ0v) is 12.3. The molecule has 1 atom stereocenters. The summed E-state index contributed by atoms with van der Waals surface area (Å²) in [6, 6.07) is 20.8. The second-order valence-corrected chi connectivity index (χ2v) is 5.40. The summed E-state index contributed by atoms with van der Waals surface area (Å²) in [6.07, 6.45) is 3.89. The number of hydrogen-bond acceptors (Lipinski definition) is 2. The average molecular weight is 288 g/mol. The molecule has 0 saturated carbocycles. The summed E-state index contributed by atoms with van der Waals surface area (Å²) in [6.45, 7) is 0. The SMILES string of the molecule is COc1ccc2ccc3c(c2c1)C(c1ccccc1)C=CO3. The van der Waals surface area contributed by atoms with Gasteiger partial charge in [0.1, 0.15) is 11.5 Å². The van der Waals surface area contributed by atoms with Gasteiger partial charge in [-0.05, 0) is 40.6 Å². The van der Waals surface area contributed by atoms with Crippen molar-refractivity contribution >= 4 is 10.8 Å². The van der Waals surface area contributed by atoms with Crippen LogP contribution in [0, 0.1) is 0 Å². The van der Waals surface area contributed by atoms with Crippen LogP contribution < -0.4 is 9.47 Å². The number of hydrogen-bond donors (Lipinski definition) is 0.